The summed E-state index contributed by atoms with van der Waals surface area (Å²) in [7, 11) is 0. The van der Waals surface area contributed by atoms with Crippen molar-refractivity contribution in [2.45, 2.75) is 0 Å². The number of anilines is 1. The summed E-state index contributed by atoms with van der Waals surface area (Å²) in [5.74, 6) is 0. The van der Waals surface area contributed by atoms with Gasteiger partial charge in [-0.05, 0) is 6.07 Å². The van der Waals surface area contributed by atoms with Gasteiger partial charge in [0.05, 0.1) is 5.69 Å². The van der Waals surface area contributed by atoms with Gasteiger partial charge < -0.3 is 10.2 Å². The molecule has 0 bridgehead atoms. The summed E-state index contributed by atoms with van der Waals surface area (Å²) in [6.45, 7) is 0. The Balaban J connectivity index is 2.59. The molecule has 2 rings (SSSR count). The van der Waals surface area contributed by atoms with E-state index in [-0.39, 0.29) is 0 Å². The van der Waals surface area contributed by atoms with Crippen LogP contribution in [0.4, 0.5) is 5.69 Å². The van der Waals surface area contributed by atoms with Gasteiger partial charge >= 0.3 is 0 Å². The highest BCUT2D eigenvalue weighted by Gasteiger charge is 2.07. The molecule has 3 heteroatoms. The zero-order chi connectivity index (χ0) is 9.26. The monoisotopic (exact) mass is 193 g/mol. The maximum atomic E-state index is 5.99. The average Bonchev–Trinajstić information content (AvgIpc) is 2.52. The number of nitrogens with two attached hydrogens (primary N) is 1. The van der Waals surface area contributed by atoms with Crippen LogP contribution in [0, 0.1) is 0 Å². The van der Waals surface area contributed by atoms with Gasteiger partial charge in [-0.2, -0.15) is 0 Å². The van der Waals surface area contributed by atoms with Crippen molar-refractivity contribution in [3.8, 4) is 11.1 Å². The van der Waals surface area contributed by atoms with Gasteiger partial charge in [0, 0.05) is 16.1 Å². The predicted octanol–water partition coefficient (Wildman–Crippen LogP) is 3.18. The normalized spacial score (nSPS) is 10.2. The van der Waals surface area contributed by atoms with E-state index in [1.54, 1.807) is 6.26 Å². The molecule has 0 fully saturated rings. The van der Waals surface area contributed by atoms with E-state index in [1.807, 2.05) is 24.3 Å². The molecule has 1 aromatic carbocycles. The molecule has 0 saturated carbocycles. The lowest BCUT2D eigenvalue weighted by Gasteiger charge is -2.00. The maximum absolute atomic E-state index is 5.99. The molecule has 0 aliphatic rings. The van der Waals surface area contributed by atoms with Crippen molar-refractivity contribution >= 4 is 17.3 Å². The summed E-state index contributed by atoms with van der Waals surface area (Å²) < 4.78 is 4.97. The van der Waals surface area contributed by atoms with Crippen molar-refractivity contribution in [2.75, 3.05) is 5.73 Å². The standard InChI is InChI=1S/C10H8ClNO/c11-9-4-2-1-3-7(9)8-5-13-6-10(8)12/h1-6H,12H2. The van der Waals surface area contributed by atoms with Crippen molar-refractivity contribution in [2.24, 2.45) is 0 Å². The van der Waals surface area contributed by atoms with Crippen LogP contribution < -0.4 is 5.73 Å². The lowest BCUT2D eigenvalue weighted by Crippen LogP contribution is -1.84. The van der Waals surface area contributed by atoms with Gasteiger partial charge in [-0.3, -0.25) is 0 Å². The van der Waals surface area contributed by atoms with E-state index < -0.39 is 0 Å². The SMILES string of the molecule is Nc1cocc1-c1ccccc1Cl. The maximum Gasteiger partial charge on any atom is 0.114 e. The van der Waals surface area contributed by atoms with Crippen LogP contribution in [0.25, 0.3) is 11.1 Å². The summed E-state index contributed by atoms with van der Waals surface area (Å²) in [4.78, 5) is 0. The van der Waals surface area contributed by atoms with Crippen molar-refractivity contribution in [3.63, 3.8) is 0 Å². The zero-order valence-corrected chi connectivity index (χ0v) is 7.58. The van der Waals surface area contributed by atoms with Gasteiger partial charge in [0.1, 0.15) is 12.5 Å². The Kier molecular flexibility index (Phi) is 1.99. The Morgan fingerprint density at radius 3 is 2.46 bits per heavy atom. The minimum Gasteiger partial charge on any atom is -0.470 e. The van der Waals surface area contributed by atoms with Gasteiger partial charge in [-0.15, -0.1) is 0 Å². The van der Waals surface area contributed by atoms with Gasteiger partial charge in [-0.25, -0.2) is 0 Å². The third-order valence-corrected chi connectivity index (χ3v) is 2.19. The first-order valence-electron chi connectivity index (χ1n) is 3.85. The second-order valence-corrected chi connectivity index (χ2v) is 3.13. The number of rotatable bonds is 1. The first kappa shape index (κ1) is 8.20. The smallest absolute Gasteiger partial charge is 0.114 e. The lowest BCUT2D eigenvalue weighted by molar-refractivity contribution is 0.569. The summed E-state index contributed by atoms with van der Waals surface area (Å²) in [5, 5.41) is 0.676. The van der Waals surface area contributed by atoms with E-state index in [0.717, 1.165) is 11.1 Å². The number of hydrogen-bond donors (Lipinski definition) is 1. The summed E-state index contributed by atoms with van der Waals surface area (Å²) in [6, 6.07) is 7.52. The lowest BCUT2D eigenvalue weighted by atomic mass is 10.1. The summed E-state index contributed by atoms with van der Waals surface area (Å²) >= 11 is 5.99. The predicted molar refractivity (Wildman–Crippen MR) is 53.6 cm³/mol. The molecule has 2 nitrogen and oxygen atoms in total. The molecular formula is C10H8ClNO. The fourth-order valence-corrected chi connectivity index (χ4v) is 1.44. The molecule has 1 heterocycles. The molecule has 0 aliphatic carbocycles. The molecule has 0 atom stereocenters. The van der Waals surface area contributed by atoms with E-state index in [2.05, 4.69) is 0 Å². The third kappa shape index (κ3) is 1.40. The average molecular weight is 194 g/mol. The van der Waals surface area contributed by atoms with Crippen LogP contribution in [-0.2, 0) is 0 Å². The number of furan rings is 1. The second-order valence-electron chi connectivity index (χ2n) is 2.72. The fourth-order valence-electron chi connectivity index (χ4n) is 1.21. The van der Waals surface area contributed by atoms with Crippen LogP contribution >= 0.6 is 11.6 Å². The Morgan fingerprint density at radius 1 is 1.08 bits per heavy atom. The fraction of sp³-hybridized carbons (Fsp3) is 0. The first-order chi connectivity index (χ1) is 6.29. The topological polar surface area (TPSA) is 39.2 Å². The Morgan fingerprint density at radius 2 is 1.85 bits per heavy atom. The minimum absolute atomic E-state index is 0.605. The molecule has 1 aromatic heterocycles. The number of hydrogen-bond acceptors (Lipinski definition) is 2. The number of nitrogen functional groups attached to an aromatic ring is 1. The third-order valence-electron chi connectivity index (χ3n) is 1.86. The number of benzene rings is 1. The van der Waals surface area contributed by atoms with Gasteiger partial charge in [0.2, 0.25) is 0 Å². The molecule has 13 heavy (non-hydrogen) atoms. The van der Waals surface area contributed by atoms with Gasteiger partial charge in [0.25, 0.3) is 0 Å². The van der Waals surface area contributed by atoms with E-state index in [0.29, 0.717) is 10.7 Å². The van der Waals surface area contributed by atoms with Crippen LogP contribution in [0.2, 0.25) is 5.02 Å². The summed E-state index contributed by atoms with van der Waals surface area (Å²) in [5.41, 5.74) is 8.03. The molecule has 0 radical (unpaired) electrons. The van der Waals surface area contributed by atoms with Crippen LogP contribution in [0.15, 0.2) is 41.2 Å². The van der Waals surface area contributed by atoms with E-state index >= 15 is 0 Å². The molecule has 0 amide bonds. The van der Waals surface area contributed by atoms with Crippen molar-refractivity contribution in [1.29, 1.82) is 0 Å². The molecule has 2 aromatic rings. The summed E-state index contributed by atoms with van der Waals surface area (Å²) in [6.07, 6.45) is 3.09. The Hall–Kier alpha value is -1.41. The highest BCUT2D eigenvalue weighted by atomic mass is 35.5. The first-order valence-corrected chi connectivity index (χ1v) is 4.23. The van der Waals surface area contributed by atoms with E-state index in [1.165, 1.54) is 6.26 Å². The molecule has 2 N–H and O–H groups in total. The molecular weight excluding hydrogens is 186 g/mol. The largest absolute Gasteiger partial charge is 0.470 e. The van der Waals surface area contributed by atoms with E-state index in [4.69, 9.17) is 21.8 Å². The molecule has 0 saturated heterocycles. The van der Waals surface area contributed by atoms with Crippen LogP contribution in [-0.4, -0.2) is 0 Å². The number of halogens is 1. The van der Waals surface area contributed by atoms with Crippen molar-refractivity contribution in [3.05, 3.63) is 41.8 Å². The Labute approximate surface area is 80.9 Å². The molecule has 0 aliphatic heterocycles. The minimum atomic E-state index is 0.605. The molecule has 0 unspecified atom stereocenters. The van der Waals surface area contributed by atoms with Crippen molar-refractivity contribution < 1.29 is 4.42 Å². The molecule has 66 valence electrons. The van der Waals surface area contributed by atoms with Crippen molar-refractivity contribution in [1.82, 2.24) is 0 Å². The van der Waals surface area contributed by atoms with Crippen LogP contribution in [0.3, 0.4) is 0 Å². The highest BCUT2D eigenvalue weighted by molar-refractivity contribution is 6.33. The molecule has 0 spiro atoms. The van der Waals surface area contributed by atoms with Gasteiger partial charge in [0.15, 0.2) is 0 Å². The quantitative estimate of drug-likeness (QED) is 0.756. The zero-order valence-electron chi connectivity index (χ0n) is 6.83. The van der Waals surface area contributed by atoms with Crippen LogP contribution in [0.1, 0.15) is 0 Å². The van der Waals surface area contributed by atoms with E-state index in [9.17, 15) is 0 Å². The van der Waals surface area contributed by atoms with Crippen LogP contribution in [0.5, 0.6) is 0 Å². The Bertz CT molecular complexity index is 422. The highest BCUT2D eigenvalue weighted by Crippen LogP contribution is 2.32. The van der Waals surface area contributed by atoms with Gasteiger partial charge in [-0.1, -0.05) is 29.8 Å². The second kappa shape index (κ2) is 3.15.